The number of hydrogen-bond acceptors (Lipinski definition) is 4. The number of carboxylic acids is 1. The van der Waals surface area contributed by atoms with Crippen molar-refractivity contribution in [3.05, 3.63) is 29.8 Å². The van der Waals surface area contributed by atoms with Crippen LogP contribution in [0.2, 0.25) is 0 Å². The van der Waals surface area contributed by atoms with E-state index in [1.807, 2.05) is 6.92 Å². The molecule has 0 bridgehead atoms. The quantitative estimate of drug-likeness (QED) is 0.748. The van der Waals surface area contributed by atoms with E-state index in [1.165, 1.54) is 0 Å². The van der Waals surface area contributed by atoms with Crippen molar-refractivity contribution in [3.8, 4) is 5.75 Å². The molecule has 6 nitrogen and oxygen atoms in total. The molecule has 1 aliphatic rings. The van der Waals surface area contributed by atoms with Gasteiger partial charge in [0.25, 0.3) is 5.91 Å². The number of methoxy groups -OCH3 is 1. The third-order valence-electron chi connectivity index (χ3n) is 4.56. The lowest BCUT2D eigenvalue weighted by Crippen LogP contribution is -2.55. The zero-order valence-electron chi connectivity index (χ0n) is 14.2. The Morgan fingerprint density at radius 3 is 2.83 bits per heavy atom. The highest BCUT2D eigenvalue weighted by Gasteiger charge is 2.42. The molecule has 1 aromatic carbocycles. The lowest BCUT2D eigenvalue weighted by molar-refractivity contribution is -0.145. The number of ether oxygens (including phenoxy) is 2. The number of rotatable bonds is 7. The first-order valence-corrected chi connectivity index (χ1v) is 8.23. The monoisotopic (exact) mass is 335 g/mol. The molecule has 2 atom stereocenters. The maximum absolute atomic E-state index is 12.6. The lowest BCUT2D eigenvalue weighted by atomic mass is 9.73. The van der Waals surface area contributed by atoms with Crippen LogP contribution in [-0.2, 0) is 9.53 Å². The van der Waals surface area contributed by atoms with Gasteiger partial charge in [-0.05, 0) is 38.0 Å². The SMILES string of the molecule is COCCOc1cccc(C(=O)NC2(C)CCCCC2C(=O)O)c1. The van der Waals surface area contributed by atoms with E-state index in [4.69, 9.17) is 9.47 Å². The highest BCUT2D eigenvalue weighted by atomic mass is 16.5. The summed E-state index contributed by atoms with van der Waals surface area (Å²) in [5.74, 6) is -1.10. The van der Waals surface area contributed by atoms with Crippen LogP contribution in [-0.4, -0.2) is 42.8 Å². The van der Waals surface area contributed by atoms with Gasteiger partial charge in [-0.15, -0.1) is 0 Å². The molecule has 0 radical (unpaired) electrons. The molecule has 1 saturated carbocycles. The second-order valence-electron chi connectivity index (χ2n) is 6.38. The standard InChI is InChI=1S/C18H25NO5/c1-18(9-4-3-8-15(18)17(21)22)19-16(20)13-6-5-7-14(12-13)24-11-10-23-2/h5-7,12,15H,3-4,8-11H2,1-2H3,(H,19,20)(H,21,22). The number of benzene rings is 1. The van der Waals surface area contributed by atoms with Crippen LogP contribution in [0.1, 0.15) is 43.0 Å². The second-order valence-corrected chi connectivity index (χ2v) is 6.38. The van der Waals surface area contributed by atoms with Gasteiger partial charge in [-0.2, -0.15) is 0 Å². The highest BCUT2D eigenvalue weighted by molar-refractivity contribution is 5.95. The maximum Gasteiger partial charge on any atom is 0.308 e. The average Bonchev–Trinajstić information content (AvgIpc) is 2.55. The van der Waals surface area contributed by atoms with Crippen LogP contribution in [0.3, 0.4) is 0 Å². The number of carbonyl (C=O) groups excluding carboxylic acids is 1. The van der Waals surface area contributed by atoms with E-state index in [0.717, 1.165) is 12.8 Å². The van der Waals surface area contributed by atoms with Crippen LogP contribution in [0, 0.1) is 5.92 Å². The highest BCUT2D eigenvalue weighted by Crippen LogP contribution is 2.34. The van der Waals surface area contributed by atoms with Crippen molar-refractivity contribution in [2.24, 2.45) is 5.92 Å². The smallest absolute Gasteiger partial charge is 0.308 e. The van der Waals surface area contributed by atoms with Gasteiger partial charge in [0.1, 0.15) is 12.4 Å². The molecule has 2 N–H and O–H groups in total. The molecule has 1 aliphatic carbocycles. The van der Waals surface area contributed by atoms with Crippen LogP contribution in [0.15, 0.2) is 24.3 Å². The van der Waals surface area contributed by atoms with Crippen LogP contribution in [0.5, 0.6) is 5.75 Å². The number of hydrogen-bond donors (Lipinski definition) is 2. The predicted molar refractivity (Wildman–Crippen MR) is 89.3 cm³/mol. The molecular formula is C18H25NO5. The van der Waals surface area contributed by atoms with Crippen LogP contribution < -0.4 is 10.1 Å². The summed E-state index contributed by atoms with van der Waals surface area (Å²) in [5, 5.41) is 12.4. The normalized spacial score (nSPS) is 23.5. The summed E-state index contributed by atoms with van der Waals surface area (Å²) in [5.41, 5.74) is -0.269. The minimum Gasteiger partial charge on any atom is -0.491 e. The zero-order chi connectivity index (χ0) is 17.6. The second kappa shape index (κ2) is 8.15. The van der Waals surface area contributed by atoms with Gasteiger partial charge in [0.15, 0.2) is 0 Å². The van der Waals surface area contributed by atoms with Gasteiger partial charge in [-0.25, -0.2) is 0 Å². The number of nitrogens with one attached hydrogen (secondary N) is 1. The molecule has 0 spiro atoms. The molecule has 6 heteroatoms. The van der Waals surface area contributed by atoms with E-state index in [-0.39, 0.29) is 5.91 Å². The Morgan fingerprint density at radius 1 is 1.33 bits per heavy atom. The Hall–Kier alpha value is -2.08. The molecule has 1 amide bonds. The Balaban J connectivity index is 2.08. The Kier molecular flexibility index (Phi) is 6.20. The van der Waals surface area contributed by atoms with Crippen molar-refractivity contribution in [2.75, 3.05) is 20.3 Å². The fourth-order valence-electron chi connectivity index (χ4n) is 3.18. The summed E-state index contributed by atoms with van der Waals surface area (Å²) >= 11 is 0. The molecule has 2 unspecified atom stereocenters. The molecule has 0 aromatic heterocycles. The van der Waals surface area contributed by atoms with Crippen molar-refractivity contribution < 1.29 is 24.2 Å². The molecule has 1 aromatic rings. The summed E-state index contributed by atoms with van der Waals surface area (Å²) in [6.45, 7) is 2.69. The van der Waals surface area contributed by atoms with E-state index < -0.39 is 17.4 Å². The number of amides is 1. The molecule has 0 aliphatic heterocycles. The van der Waals surface area contributed by atoms with Crippen molar-refractivity contribution in [1.82, 2.24) is 5.32 Å². The molecule has 0 saturated heterocycles. The van der Waals surface area contributed by atoms with Crippen molar-refractivity contribution >= 4 is 11.9 Å². The van der Waals surface area contributed by atoms with E-state index in [0.29, 0.717) is 37.4 Å². The largest absolute Gasteiger partial charge is 0.491 e. The van der Waals surface area contributed by atoms with Gasteiger partial charge in [0.2, 0.25) is 0 Å². The van der Waals surface area contributed by atoms with Gasteiger partial charge in [-0.1, -0.05) is 18.9 Å². The van der Waals surface area contributed by atoms with Crippen molar-refractivity contribution in [2.45, 2.75) is 38.1 Å². The van der Waals surface area contributed by atoms with E-state index in [2.05, 4.69) is 5.32 Å². The Bertz CT molecular complexity index is 589. The van der Waals surface area contributed by atoms with E-state index in [9.17, 15) is 14.7 Å². The summed E-state index contributed by atoms with van der Waals surface area (Å²) in [4.78, 5) is 24.1. The van der Waals surface area contributed by atoms with E-state index >= 15 is 0 Å². The lowest BCUT2D eigenvalue weighted by Gasteiger charge is -2.39. The molecular weight excluding hydrogens is 310 g/mol. The zero-order valence-corrected chi connectivity index (χ0v) is 14.2. The summed E-state index contributed by atoms with van der Waals surface area (Å²) in [7, 11) is 1.59. The van der Waals surface area contributed by atoms with Gasteiger partial charge in [0.05, 0.1) is 18.1 Å². The average molecular weight is 335 g/mol. The molecule has 1 fully saturated rings. The van der Waals surface area contributed by atoms with Gasteiger partial charge < -0.3 is 19.9 Å². The predicted octanol–water partition coefficient (Wildman–Crippen LogP) is 2.48. The third kappa shape index (κ3) is 4.47. The van der Waals surface area contributed by atoms with E-state index in [1.54, 1.807) is 31.4 Å². The maximum atomic E-state index is 12.6. The Morgan fingerprint density at radius 2 is 2.12 bits per heavy atom. The third-order valence-corrected chi connectivity index (χ3v) is 4.56. The molecule has 24 heavy (non-hydrogen) atoms. The Labute approximate surface area is 142 Å². The number of carbonyl (C=O) groups is 2. The molecule has 132 valence electrons. The molecule has 2 rings (SSSR count). The van der Waals surface area contributed by atoms with Crippen molar-refractivity contribution in [1.29, 1.82) is 0 Å². The van der Waals surface area contributed by atoms with Crippen LogP contribution in [0.4, 0.5) is 0 Å². The molecule has 0 heterocycles. The van der Waals surface area contributed by atoms with Gasteiger partial charge in [0, 0.05) is 12.7 Å². The topological polar surface area (TPSA) is 84.9 Å². The summed E-state index contributed by atoms with van der Waals surface area (Å²) < 4.78 is 10.4. The van der Waals surface area contributed by atoms with Gasteiger partial charge in [-0.3, -0.25) is 9.59 Å². The van der Waals surface area contributed by atoms with Crippen LogP contribution >= 0.6 is 0 Å². The number of carboxylic acid groups (broad SMARTS) is 1. The van der Waals surface area contributed by atoms with Gasteiger partial charge >= 0.3 is 5.97 Å². The summed E-state index contributed by atoms with van der Waals surface area (Å²) in [6.07, 6.45) is 3.05. The minimum atomic E-state index is -0.853. The first kappa shape index (κ1) is 18.3. The minimum absolute atomic E-state index is 0.275. The van der Waals surface area contributed by atoms with Crippen LogP contribution in [0.25, 0.3) is 0 Å². The summed E-state index contributed by atoms with van der Waals surface area (Å²) in [6, 6.07) is 6.87. The first-order chi connectivity index (χ1) is 11.5. The number of aliphatic carboxylic acids is 1. The first-order valence-electron chi connectivity index (χ1n) is 8.23. The fourth-order valence-corrected chi connectivity index (χ4v) is 3.18. The fraction of sp³-hybridized carbons (Fsp3) is 0.556. The van der Waals surface area contributed by atoms with Crippen molar-refractivity contribution in [3.63, 3.8) is 0 Å².